The van der Waals surface area contributed by atoms with Crippen molar-refractivity contribution in [3.05, 3.63) is 72.6 Å². The minimum atomic E-state index is -1.72. The summed E-state index contributed by atoms with van der Waals surface area (Å²) in [6.45, 7) is 5.17. The number of ether oxygens (including phenoxy) is 7. The van der Waals surface area contributed by atoms with E-state index >= 15 is 0 Å². The number of likely N-dealkylation sites (tertiary alicyclic amines) is 1. The molecule has 4 saturated heterocycles. The van der Waals surface area contributed by atoms with Crippen molar-refractivity contribution >= 4 is 17.7 Å². The molecule has 2 aromatic heterocycles. The van der Waals surface area contributed by atoms with Gasteiger partial charge >= 0.3 is 0 Å². The first-order valence-electron chi connectivity index (χ1n) is 34.2. The molecule has 24 atom stereocenters. The first-order chi connectivity index (χ1) is 46.7. The van der Waals surface area contributed by atoms with E-state index < -0.39 is 171 Å². The second-order valence-corrected chi connectivity index (χ2v) is 27.2. The number of benzene rings is 2. The second-order valence-electron chi connectivity index (χ2n) is 27.2. The minimum absolute atomic E-state index is 0.00534. The maximum Gasteiger partial charge on any atom is 0.251 e. The summed E-state index contributed by atoms with van der Waals surface area (Å²) in [7, 11) is 0. The molecule has 7 fully saturated rings. The summed E-state index contributed by atoms with van der Waals surface area (Å²) in [6, 6.07) is 7.69. The highest BCUT2D eigenvalue weighted by atomic mass is 19.1. The van der Waals surface area contributed by atoms with E-state index in [0.717, 1.165) is 43.2 Å². The highest BCUT2D eigenvalue weighted by Crippen LogP contribution is 2.42. The SMILES string of the molecule is CCC1CC(CNCCNC(=O)C2CC(n3cc(-c4cccc(F)c4)nn3)C(O)[C@H](O[C@@H]3OC(CO)[C@H](O)C(n4cc(-c5cccc(F)c5)nn4)C3O)C2)C[C@@H](O[C@@H]2OC(CO)[C@H](O)C(O[C@@H](CC3CCCCC3)C(=O)N3CCC3)C2NC(C)=O)C1O[C@@H]1OC(C)[C@@H](O)C(O)C1O. The largest absolute Gasteiger partial charge is 0.394 e. The second kappa shape index (κ2) is 32.7. The third-order valence-corrected chi connectivity index (χ3v) is 20.5. The zero-order valence-electron chi connectivity index (χ0n) is 54.6. The van der Waals surface area contributed by atoms with Crippen molar-refractivity contribution in [1.29, 1.82) is 0 Å². The molecule has 0 radical (unpaired) electrons. The summed E-state index contributed by atoms with van der Waals surface area (Å²) >= 11 is 0. The number of aliphatic hydroxyl groups excluding tert-OH is 9. The van der Waals surface area contributed by atoms with E-state index in [-0.39, 0.29) is 67.4 Å². The van der Waals surface area contributed by atoms with Gasteiger partial charge in [0, 0.05) is 50.1 Å². The zero-order chi connectivity index (χ0) is 68.8. The van der Waals surface area contributed by atoms with Gasteiger partial charge in [-0.05, 0) is 94.0 Å². The molecular formula is C66H94F2N10O19. The van der Waals surface area contributed by atoms with E-state index in [0.29, 0.717) is 50.0 Å². The van der Waals surface area contributed by atoms with Crippen LogP contribution >= 0.6 is 0 Å². The maximum absolute atomic E-state index is 14.5. The summed E-state index contributed by atoms with van der Waals surface area (Å²) < 4.78 is 76.2. The number of carbonyl (C=O) groups is 3. The number of nitrogens with one attached hydrogen (secondary N) is 3. The molecule has 31 heteroatoms. The number of aliphatic hydroxyl groups is 9. The summed E-state index contributed by atoms with van der Waals surface area (Å²) in [4.78, 5) is 43.6. The lowest BCUT2D eigenvalue weighted by Gasteiger charge is -2.49. The van der Waals surface area contributed by atoms with Crippen LogP contribution in [0.1, 0.15) is 110 Å². The molecule has 29 nitrogen and oxygen atoms in total. The lowest BCUT2D eigenvalue weighted by atomic mass is 9.76. The van der Waals surface area contributed by atoms with Gasteiger partial charge in [-0.2, -0.15) is 0 Å². The first kappa shape index (κ1) is 72.6. The number of nitrogens with zero attached hydrogens (tertiary/aromatic N) is 7. The van der Waals surface area contributed by atoms with E-state index in [9.17, 15) is 69.1 Å². The first-order valence-corrected chi connectivity index (χ1v) is 34.2. The Kier molecular flexibility index (Phi) is 24.5. The Labute approximate surface area is 560 Å². The van der Waals surface area contributed by atoms with Gasteiger partial charge in [0.15, 0.2) is 18.9 Å². The van der Waals surface area contributed by atoms with Crippen LogP contribution in [0.3, 0.4) is 0 Å². The Morgan fingerprint density at radius 1 is 0.670 bits per heavy atom. The molecule has 4 aromatic rings. The molecule has 97 heavy (non-hydrogen) atoms. The van der Waals surface area contributed by atoms with Crippen LogP contribution in [-0.2, 0) is 47.5 Å². The van der Waals surface area contributed by atoms with Crippen LogP contribution < -0.4 is 16.0 Å². The normalized spacial score (nSPS) is 36.1. The van der Waals surface area contributed by atoms with E-state index in [1.807, 2.05) is 6.92 Å². The summed E-state index contributed by atoms with van der Waals surface area (Å²) in [5.41, 5.74) is 1.24. The standard InChI is InChI=1S/C66H94F2N10O19/c1-4-37-21-36(23-47(60(37)97-66-59(88)58(87)53(82)33(2)91-66)94-64-51(71-34(3)81)61(56(85)50(32-80)95-64)92-48(63(90)76-19-10-20-76)22-35-11-6-5-7-12-35)28-69-17-18-70-62(89)40-26-45(77-29-43(72-74-77)38-13-8-15-41(67)24-38)54(83)46(27-40)93-65-57(86)52(55(84)49(31-79)96-65)78-30-44(73-75-78)39-14-9-16-42(68)25-39/h8-9,13-16,24-25,29-30,33,35-37,40,45-61,64-66,69,79-80,82-88H,4-7,10-12,17-23,26-28,31-32H2,1-3H3,(H,70,89)(H,71,81)/t33?,36?,37?,40?,45?,46-,47-,48+,49?,50?,51?,52?,53-,54?,55+,56+,57?,58?,59?,60?,61?,64-,65-,66+/m1/s1. The molecule has 15 unspecified atom stereocenters. The Morgan fingerprint density at radius 2 is 1.31 bits per heavy atom. The van der Waals surface area contributed by atoms with Crippen molar-refractivity contribution < 1.29 is 102 Å². The number of hydrogen-bond donors (Lipinski definition) is 12. The van der Waals surface area contributed by atoms with Crippen LogP contribution in [0.2, 0.25) is 0 Å². The topological polar surface area (TPSA) is 399 Å². The van der Waals surface area contributed by atoms with Crippen molar-refractivity contribution in [3.63, 3.8) is 0 Å². The molecule has 2 aromatic carbocycles. The highest BCUT2D eigenvalue weighted by molar-refractivity contribution is 5.81. The van der Waals surface area contributed by atoms with Crippen molar-refractivity contribution in [2.24, 2.45) is 23.7 Å². The van der Waals surface area contributed by atoms with Gasteiger partial charge in [-0.3, -0.25) is 14.4 Å². The zero-order valence-corrected chi connectivity index (χ0v) is 54.6. The Bertz CT molecular complexity index is 3220. The molecule has 11 rings (SSSR count). The predicted molar refractivity (Wildman–Crippen MR) is 335 cm³/mol. The average Bonchev–Trinajstić information content (AvgIpc) is 1.69. The molecule has 0 bridgehead atoms. The van der Waals surface area contributed by atoms with Crippen molar-refractivity contribution in [2.75, 3.05) is 45.9 Å². The van der Waals surface area contributed by atoms with Crippen LogP contribution in [0.15, 0.2) is 60.9 Å². The molecular weight excluding hydrogens is 1270 g/mol. The molecule has 536 valence electrons. The Balaban J connectivity index is 0.792. The molecule has 12 N–H and O–H groups in total. The maximum atomic E-state index is 14.5. The predicted octanol–water partition coefficient (Wildman–Crippen LogP) is 0.139. The van der Waals surface area contributed by atoms with E-state index in [4.69, 9.17) is 33.2 Å². The van der Waals surface area contributed by atoms with Crippen molar-refractivity contribution in [3.8, 4) is 22.5 Å². The minimum Gasteiger partial charge on any atom is -0.394 e. The molecule has 3 amide bonds. The smallest absolute Gasteiger partial charge is 0.251 e. The van der Waals surface area contributed by atoms with Crippen LogP contribution in [0, 0.1) is 35.3 Å². The monoisotopic (exact) mass is 1370 g/mol. The Hall–Kier alpha value is -5.69. The van der Waals surface area contributed by atoms with Gasteiger partial charge in [0.25, 0.3) is 5.91 Å². The number of aromatic nitrogens is 6. The fourth-order valence-corrected chi connectivity index (χ4v) is 15.0. The summed E-state index contributed by atoms with van der Waals surface area (Å²) in [5, 5.41) is 128. The lowest BCUT2D eigenvalue weighted by Crippen LogP contribution is -2.67. The number of halogens is 2. The highest BCUT2D eigenvalue weighted by Gasteiger charge is 2.54. The van der Waals surface area contributed by atoms with Gasteiger partial charge in [-0.15, -0.1) is 10.2 Å². The number of carbonyl (C=O) groups excluding carboxylic acids is 3. The Morgan fingerprint density at radius 3 is 1.95 bits per heavy atom. The fourth-order valence-electron chi connectivity index (χ4n) is 15.0. The van der Waals surface area contributed by atoms with Crippen molar-refractivity contribution in [1.82, 2.24) is 50.8 Å². The molecule has 3 aliphatic carbocycles. The summed E-state index contributed by atoms with van der Waals surface area (Å²) in [6.07, 6.45) is -14.2. The molecule has 3 saturated carbocycles. The quantitative estimate of drug-likeness (QED) is 0.0393. The van der Waals surface area contributed by atoms with Crippen LogP contribution in [0.5, 0.6) is 0 Å². The van der Waals surface area contributed by atoms with Crippen molar-refractivity contribution in [2.45, 2.75) is 226 Å². The van der Waals surface area contributed by atoms with Gasteiger partial charge in [0.2, 0.25) is 11.8 Å². The third kappa shape index (κ3) is 16.9. The molecule has 6 heterocycles. The van der Waals surface area contributed by atoms with E-state index in [1.54, 1.807) is 17.0 Å². The van der Waals surface area contributed by atoms with Gasteiger partial charge in [-0.25, -0.2) is 18.1 Å². The van der Waals surface area contributed by atoms with Gasteiger partial charge in [0.1, 0.15) is 102 Å². The average molecular weight is 1370 g/mol. The molecule has 4 aliphatic heterocycles. The number of amides is 3. The molecule has 7 aliphatic rings. The van der Waals surface area contributed by atoms with Crippen LogP contribution in [0.25, 0.3) is 22.5 Å². The van der Waals surface area contributed by atoms with Gasteiger partial charge < -0.3 is 100.0 Å². The van der Waals surface area contributed by atoms with Gasteiger partial charge in [-0.1, -0.05) is 80.1 Å². The molecule has 0 spiro atoms. The van der Waals surface area contributed by atoms with E-state index in [2.05, 4.69) is 36.6 Å². The number of hydrogen-bond acceptors (Lipinski definition) is 24. The summed E-state index contributed by atoms with van der Waals surface area (Å²) in [5.74, 6) is -3.43. The third-order valence-electron chi connectivity index (χ3n) is 20.5. The van der Waals surface area contributed by atoms with Crippen LogP contribution in [0.4, 0.5) is 8.78 Å². The fraction of sp³-hybridized carbons (Fsp3) is 0.712. The number of rotatable bonds is 25. The van der Waals surface area contributed by atoms with Crippen LogP contribution in [-0.4, -0.2) is 261 Å². The van der Waals surface area contributed by atoms with Gasteiger partial charge in [0.05, 0.1) is 56.1 Å². The lowest BCUT2D eigenvalue weighted by molar-refractivity contribution is -0.339. The van der Waals surface area contributed by atoms with E-state index in [1.165, 1.54) is 67.3 Å².